The number of ether oxygens (including phenoxy) is 2. The van der Waals surface area contributed by atoms with Crippen molar-refractivity contribution in [3.05, 3.63) is 54.1 Å². The summed E-state index contributed by atoms with van der Waals surface area (Å²) in [6.45, 7) is 0. The average Bonchev–Trinajstić information content (AvgIpc) is 2.46. The van der Waals surface area contributed by atoms with Gasteiger partial charge >= 0.3 is 12.1 Å². The van der Waals surface area contributed by atoms with E-state index in [1.54, 1.807) is 30.3 Å². The van der Waals surface area contributed by atoms with Crippen LogP contribution in [0.3, 0.4) is 0 Å². The highest BCUT2D eigenvalue weighted by Crippen LogP contribution is 2.34. The van der Waals surface area contributed by atoms with Gasteiger partial charge in [-0.1, -0.05) is 36.4 Å². The second kappa shape index (κ2) is 5.88. The van der Waals surface area contributed by atoms with E-state index >= 15 is 0 Å². The quantitative estimate of drug-likeness (QED) is 0.686. The number of esters is 1. The second-order valence-corrected chi connectivity index (χ2v) is 3.90. The molecular weight excluding hydrogens is 260 g/mol. The number of carbonyl (C=O) groups is 2. The highest BCUT2D eigenvalue weighted by atomic mass is 16.7. The number of rotatable bonds is 3. The molecule has 0 atom stereocenters. The van der Waals surface area contributed by atoms with Crippen molar-refractivity contribution in [3.63, 3.8) is 0 Å². The van der Waals surface area contributed by atoms with Gasteiger partial charge in [0.2, 0.25) is 0 Å². The zero-order valence-corrected chi connectivity index (χ0v) is 10.7. The summed E-state index contributed by atoms with van der Waals surface area (Å²) in [6, 6.07) is 13.5. The van der Waals surface area contributed by atoms with Gasteiger partial charge in [-0.25, -0.2) is 9.59 Å². The maximum atomic E-state index is 11.8. The molecule has 0 bridgehead atoms. The van der Waals surface area contributed by atoms with Crippen LogP contribution in [0.15, 0.2) is 48.5 Å². The fourth-order valence-electron chi connectivity index (χ4n) is 1.89. The van der Waals surface area contributed by atoms with Gasteiger partial charge in [-0.2, -0.15) is 0 Å². The molecule has 2 aromatic rings. The topological polar surface area (TPSA) is 72.8 Å². The van der Waals surface area contributed by atoms with Crippen LogP contribution in [0.5, 0.6) is 5.75 Å². The van der Waals surface area contributed by atoms with Crippen molar-refractivity contribution < 1.29 is 24.2 Å². The molecule has 5 nitrogen and oxygen atoms in total. The largest absolute Gasteiger partial charge is 0.511 e. The first-order valence-electron chi connectivity index (χ1n) is 5.81. The molecule has 0 saturated carbocycles. The van der Waals surface area contributed by atoms with E-state index in [-0.39, 0.29) is 11.3 Å². The van der Waals surface area contributed by atoms with E-state index in [4.69, 9.17) is 14.6 Å². The Hall–Kier alpha value is -2.82. The summed E-state index contributed by atoms with van der Waals surface area (Å²) in [5, 5.41) is 8.79. The maximum absolute atomic E-state index is 11.8. The third-order valence-corrected chi connectivity index (χ3v) is 2.69. The molecule has 5 heteroatoms. The molecule has 0 aromatic heterocycles. The SMILES string of the molecule is COC(=O)c1cccc(OC(=O)O)c1-c1ccccc1. The van der Waals surface area contributed by atoms with Crippen molar-refractivity contribution in [2.24, 2.45) is 0 Å². The summed E-state index contributed by atoms with van der Waals surface area (Å²) in [7, 11) is 1.27. The highest BCUT2D eigenvalue weighted by molar-refractivity contribution is 5.99. The first-order valence-corrected chi connectivity index (χ1v) is 5.81. The summed E-state index contributed by atoms with van der Waals surface area (Å²) < 4.78 is 9.46. The van der Waals surface area contributed by atoms with Crippen LogP contribution in [0.25, 0.3) is 11.1 Å². The van der Waals surface area contributed by atoms with Gasteiger partial charge in [-0.15, -0.1) is 0 Å². The van der Waals surface area contributed by atoms with E-state index in [0.717, 1.165) is 0 Å². The molecule has 0 aliphatic heterocycles. The Kier molecular flexibility index (Phi) is 4.00. The standard InChI is InChI=1S/C15H12O5/c1-19-14(16)11-8-5-9-12(20-15(17)18)13(11)10-6-3-2-4-7-10/h2-9H,1H3,(H,17,18). The van der Waals surface area contributed by atoms with Crippen LogP contribution in [-0.4, -0.2) is 24.3 Å². The van der Waals surface area contributed by atoms with E-state index in [1.165, 1.54) is 19.2 Å². The van der Waals surface area contributed by atoms with Crippen LogP contribution < -0.4 is 4.74 Å². The zero-order valence-electron chi connectivity index (χ0n) is 10.7. The van der Waals surface area contributed by atoms with Gasteiger partial charge in [-0.3, -0.25) is 0 Å². The van der Waals surface area contributed by atoms with Crippen LogP contribution in [-0.2, 0) is 4.74 Å². The van der Waals surface area contributed by atoms with Crippen molar-refractivity contribution in [1.29, 1.82) is 0 Å². The van der Waals surface area contributed by atoms with E-state index in [2.05, 4.69) is 0 Å². The van der Waals surface area contributed by atoms with E-state index in [9.17, 15) is 9.59 Å². The number of carboxylic acid groups (broad SMARTS) is 1. The van der Waals surface area contributed by atoms with Crippen molar-refractivity contribution in [3.8, 4) is 16.9 Å². The summed E-state index contributed by atoms with van der Waals surface area (Å²) >= 11 is 0. The van der Waals surface area contributed by atoms with Gasteiger partial charge in [0.15, 0.2) is 0 Å². The summed E-state index contributed by atoms with van der Waals surface area (Å²) in [5.41, 5.74) is 1.31. The Bertz CT molecular complexity index is 634. The Morgan fingerprint density at radius 2 is 1.70 bits per heavy atom. The molecule has 0 aliphatic rings. The predicted molar refractivity (Wildman–Crippen MR) is 71.9 cm³/mol. The molecule has 0 saturated heterocycles. The normalized spacial score (nSPS) is 9.85. The minimum absolute atomic E-state index is 0.0894. The Balaban J connectivity index is 2.65. The minimum atomic E-state index is -1.44. The lowest BCUT2D eigenvalue weighted by Gasteiger charge is -2.12. The first-order chi connectivity index (χ1) is 9.63. The molecule has 2 aromatic carbocycles. The van der Waals surface area contributed by atoms with Crippen LogP contribution in [0.1, 0.15) is 10.4 Å². The van der Waals surface area contributed by atoms with E-state index < -0.39 is 12.1 Å². The van der Waals surface area contributed by atoms with Crippen LogP contribution in [0.4, 0.5) is 4.79 Å². The molecule has 0 unspecified atom stereocenters. The van der Waals surface area contributed by atoms with Crippen molar-refractivity contribution >= 4 is 12.1 Å². The molecular formula is C15H12O5. The highest BCUT2D eigenvalue weighted by Gasteiger charge is 2.19. The lowest BCUT2D eigenvalue weighted by atomic mass is 9.98. The third kappa shape index (κ3) is 2.77. The summed E-state index contributed by atoms with van der Waals surface area (Å²) in [4.78, 5) is 22.6. The molecule has 0 heterocycles. The molecule has 0 fully saturated rings. The lowest BCUT2D eigenvalue weighted by molar-refractivity contribution is 0.0600. The third-order valence-electron chi connectivity index (χ3n) is 2.69. The number of hydrogen-bond acceptors (Lipinski definition) is 4. The van der Waals surface area contributed by atoms with Crippen molar-refractivity contribution in [2.75, 3.05) is 7.11 Å². The molecule has 2 rings (SSSR count). The van der Waals surface area contributed by atoms with E-state index in [1.807, 2.05) is 6.07 Å². The Morgan fingerprint density at radius 3 is 2.30 bits per heavy atom. The van der Waals surface area contributed by atoms with Gasteiger partial charge in [0.1, 0.15) is 5.75 Å². The maximum Gasteiger partial charge on any atom is 0.511 e. The van der Waals surface area contributed by atoms with Crippen LogP contribution in [0.2, 0.25) is 0 Å². The molecule has 0 radical (unpaired) electrons. The molecule has 0 aliphatic carbocycles. The summed E-state index contributed by atoms with van der Waals surface area (Å²) in [5.74, 6) is -0.466. The van der Waals surface area contributed by atoms with Gasteiger partial charge in [0, 0.05) is 5.56 Å². The molecule has 20 heavy (non-hydrogen) atoms. The van der Waals surface area contributed by atoms with Crippen molar-refractivity contribution in [1.82, 2.24) is 0 Å². The van der Waals surface area contributed by atoms with Gasteiger partial charge in [-0.05, 0) is 17.7 Å². The molecule has 1 N–H and O–H groups in total. The van der Waals surface area contributed by atoms with Gasteiger partial charge in [0.05, 0.1) is 12.7 Å². The second-order valence-electron chi connectivity index (χ2n) is 3.90. The Morgan fingerprint density at radius 1 is 1.00 bits per heavy atom. The monoisotopic (exact) mass is 272 g/mol. The van der Waals surface area contributed by atoms with Crippen LogP contribution in [0, 0.1) is 0 Å². The lowest BCUT2D eigenvalue weighted by Crippen LogP contribution is -2.08. The van der Waals surface area contributed by atoms with Gasteiger partial charge in [0.25, 0.3) is 0 Å². The molecule has 102 valence electrons. The zero-order chi connectivity index (χ0) is 14.5. The molecule has 0 amide bonds. The average molecular weight is 272 g/mol. The predicted octanol–water partition coefficient (Wildman–Crippen LogP) is 3.20. The van der Waals surface area contributed by atoms with Crippen LogP contribution >= 0.6 is 0 Å². The van der Waals surface area contributed by atoms with Crippen molar-refractivity contribution in [2.45, 2.75) is 0 Å². The van der Waals surface area contributed by atoms with E-state index in [0.29, 0.717) is 11.1 Å². The first kappa shape index (κ1) is 13.6. The minimum Gasteiger partial charge on any atom is -0.465 e. The number of benzene rings is 2. The number of carbonyl (C=O) groups excluding carboxylic acids is 1. The number of hydrogen-bond donors (Lipinski definition) is 1. The smallest absolute Gasteiger partial charge is 0.465 e. The fraction of sp³-hybridized carbons (Fsp3) is 0.0667. The number of methoxy groups -OCH3 is 1. The fourth-order valence-corrected chi connectivity index (χ4v) is 1.89. The Labute approximate surface area is 115 Å². The van der Waals surface area contributed by atoms with Gasteiger partial charge < -0.3 is 14.6 Å². The molecule has 0 spiro atoms. The summed E-state index contributed by atoms with van der Waals surface area (Å²) in [6.07, 6.45) is -1.44.